The fraction of sp³-hybridized carbons (Fsp3) is 0.167. The third-order valence-corrected chi connectivity index (χ3v) is 2.60. The zero-order valence-corrected chi connectivity index (χ0v) is 9.52. The highest BCUT2D eigenvalue weighted by molar-refractivity contribution is 5.86. The molecule has 0 aliphatic carbocycles. The number of nitrogens with zero attached hydrogens (tertiary/aromatic N) is 1. The van der Waals surface area contributed by atoms with Crippen molar-refractivity contribution in [2.75, 3.05) is 0 Å². The highest BCUT2D eigenvalue weighted by Crippen LogP contribution is 2.13. The number of nitrogens with one attached hydrogen (secondary N) is 1. The van der Waals surface area contributed by atoms with E-state index < -0.39 is 11.5 Å². The first-order valence-corrected chi connectivity index (χ1v) is 5.12. The Hall–Kier alpha value is -2.30. The summed E-state index contributed by atoms with van der Waals surface area (Å²) in [6.07, 6.45) is 1.20. The Kier molecular flexibility index (Phi) is 2.59. The van der Waals surface area contributed by atoms with Crippen molar-refractivity contribution >= 4 is 5.97 Å². The quantitative estimate of drug-likeness (QED) is 0.823. The second-order valence-corrected chi connectivity index (χ2v) is 3.92. The van der Waals surface area contributed by atoms with Crippen LogP contribution in [0.4, 0.5) is 0 Å². The largest absolute Gasteiger partial charge is 0.477 e. The number of hydrogen-bond acceptors (Lipinski definition) is 2. The molecule has 88 valence electrons. The van der Waals surface area contributed by atoms with E-state index in [1.165, 1.54) is 10.9 Å². The Morgan fingerprint density at radius 2 is 2.06 bits per heavy atom. The van der Waals surface area contributed by atoms with Crippen LogP contribution in [0.2, 0.25) is 0 Å². The first-order valence-electron chi connectivity index (χ1n) is 5.12. The molecule has 0 saturated heterocycles. The first-order chi connectivity index (χ1) is 8.00. The summed E-state index contributed by atoms with van der Waals surface area (Å²) in [7, 11) is 0. The average molecular weight is 232 g/mol. The molecule has 1 aromatic heterocycles. The van der Waals surface area contributed by atoms with Gasteiger partial charge in [-0.3, -0.25) is 9.89 Å². The minimum Gasteiger partial charge on any atom is -0.477 e. The van der Waals surface area contributed by atoms with Crippen LogP contribution in [0.5, 0.6) is 0 Å². The molecule has 0 fully saturated rings. The van der Waals surface area contributed by atoms with E-state index in [0.29, 0.717) is 5.69 Å². The van der Waals surface area contributed by atoms with Crippen LogP contribution >= 0.6 is 0 Å². The zero-order valence-electron chi connectivity index (χ0n) is 9.52. The molecule has 17 heavy (non-hydrogen) atoms. The second kappa shape index (κ2) is 3.93. The number of hydrogen-bond donors (Lipinski definition) is 2. The van der Waals surface area contributed by atoms with Gasteiger partial charge < -0.3 is 5.11 Å². The van der Waals surface area contributed by atoms with Crippen molar-refractivity contribution in [3.63, 3.8) is 0 Å². The molecule has 0 aliphatic heterocycles. The standard InChI is InChI=1S/C12H12N2O3/c1-7-3-4-10(8(2)5-7)14-11(15)9(6-13-14)12(16)17/h3-6,13H,1-2H3,(H,16,17). The van der Waals surface area contributed by atoms with Gasteiger partial charge in [0.15, 0.2) is 0 Å². The van der Waals surface area contributed by atoms with Crippen LogP contribution in [0.3, 0.4) is 0 Å². The third-order valence-electron chi connectivity index (χ3n) is 2.60. The van der Waals surface area contributed by atoms with Crippen LogP contribution in [0.1, 0.15) is 21.5 Å². The van der Waals surface area contributed by atoms with Gasteiger partial charge in [-0.25, -0.2) is 9.48 Å². The second-order valence-electron chi connectivity index (χ2n) is 3.92. The molecule has 2 N–H and O–H groups in total. The number of aromatic nitrogens is 2. The van der Waals surface area contributed by atoms with E-state index in [9.17, 15) is 9.59 Å². The number of aromatic carboxylic acids is 1. The lowest BCUT2D eigenvalue weighted by Crippen LogP contribution is -2.20. The summed E-state index contributed by atoms with van der Waals surface area (Å²) in [6, 6.07) is 5.59. The first kappa shape index (κ1) is 11.2. The van der Waals surface area contributed by atoms with E-state index in [1.54, 1.807) is 6.07 Å². The van der Waals surface area contributed by atoms with Crippen molar-refractivity contribution < 1.29 is 9.90 Å². The maximum atomic E-state index is 11.8. The van der Waals surface area contributed by atoms with Crippen molar-refractivity contribution in [2.45, 2.75) is 13.8 Å². The van der Waals surface area contributed by atoms with Crippen LogP contribution in [0, 0.1) is 13.8 Å². The molecule has 0 saturated carbocycles. The smallest absolute Gasteiger partial charge is 0.342 e. The molecular formula is C12H12N2O3. The lowest BCUT2D eigenvalue weighted by atomic mass is 10.1. The number of H-pyrrole nitrogens is 1. The Morgan fingerprint density at radius 3 is 2.59 bits per heavy atom. The van der Waals surface area contributed by atoms with Gasteiger partial charge in [-0.2, -0.15) is 0 Å². The van der Waals surface area contributed by atoms with Crippen LogP contribution in [-0.2, 0) is 0 Å². The number of aromatic amines is 1. The molecule has 5 nitrogen and oxygen atoms in total. The number of rotatable bonds is 2. The van der Waals surface area contributed by atoms with Gasteiger partial charge in [0.1, 0.15) is 5.56 Å². The molecule has 0 spiro atoms. The highest BCUT2D eigenvalue weighted by Gasteiger charge is 2.14. The summed E-state index contributed by atoms with van der Waals surface area (Å²) in [5.41, 5.74) is 1.85. The predicted octanol–water partition coefficient (Wildman–Crippen LogP) is 1.48. The maximum Gasteiger partial charge on any atom is 0.342 e. The lowest BCUT2D eigenvalue weighted by molar-refractivity contribution is 0.0695. The van der Waals surface area contributed by atoms with E-state index in [-0.39, 0.29) is 5.56 Å². The van der Waals surface area contributed by atoms with Gasteiger partial charge in [-0.1, -0.05) is 17.7 Å². The van der Waals surface area contributed by atoms with Crippen LogP contribution in [-0.4, -0.2) is 20.9 Å². The summed E-state index contributed by atoms with van der Waals surface area (Å²) >= 11 is 0. The topological polar surface area (TPSA) is 75.1 Å². The summed E-state index contributed by atoms with van der Waals surface area (Å²) < 4.78 is 1.23. The van der Waals surface area contributed by atoms with Gasteiger partial charge in [-0.15, -0.1) is 0 Å². The molecular weight excluding hydrogens is 220 g/mol. The van der Waals surface area contributed by atoms with E-state index in [4.69, 9.17) is 5.11 Å². The molecule has 0 atom stereocenters. The van der Waals surface area contributed by atoms with E-state index in [0.717, 1.165) is 11.1 Å². The van der Waals surface area contributed by atoms with Crippen LogP contribution in [0.25, 0.3) is 5.69 Å². The molecule has 1 aromatic carbocycles. The van der Waals surface area contributed by atoms with Crippen LogP contribution < -0.4 is 5.56 Å². The molecule has 0 unspecified atom stereocenters. The number of carbonyl (C=O) groups is 1. The molecule has 0 aliphatic rings. The van der Waals surface area contributed by atoms with Gasteiger partial charge in [0.2, 0.25) is 0 Å². The van der Waals surface area contributed by atoms with Crippen molar-refractivity contribution in [1.82, 2.24) is 9.78 Å². The van der Waals surface area contributed by atoms with Gasteiger partial charge in [0.25, 0.3) is 5.56 Å². The van der Waals surface area contributed by atoms with Crippen molar-refractivity contribution in [1.29, 1.82) is 0 Å². The van der Waals surface area contributed by atoms with Crippen molar-refractivity contribution in [3.05, 3.63) is 51.4 Å². The highest BCUT2D eigenvalue weighted by atomic mass is 16.4. The van der Waals surface area contributed by atoms with Crippen molar-refractivity contribution in [2.24, 2.45) is 0 Å². The third kappa shape index (κ3) is 1.87. The Morgan fingerprint density at radius 1 is 1.35 bits per heavy atom. The van der Waals surface area contributed by atoms with E-state index in [2.05, 4.69) is 5.10 Å². The minimum absolute atomic E-state index is 0.259. The van der Waals surface area contributed by atoms with E-state index >= 15 is 0 Å². The molecule has 5 heteroatoms. The summed E-state index contributed by atoms with van der Waals surface area (Å²) in [6.45, 7) is 3.83. The Bertz CT molecular complexity index is 637. The van der Waals surface area contributed by atoms with Crippen molar-refractivity contribution in [3.8, 4) is 5.69 Å². The number of benzene rings is 1. The number of carboxylic acids is 1. The molecule has 0 amide bonds. The lowest BCUT2D eigenvalue weighted by Gasteiger charge is -2.06. The molecule has 2 aromatic rings. The average Bonchev–Trinajstić information content (AvgIpc) is 2.60. The molecule has 2 rings (SSSR count). The summed E-state index contributed by atoms with van der Waals surface area (Å²) in [5, 5.41) is 11.5. The molecule has 1 heterocycles. The molecule has 0 radical (unpaired) electrons. The number of carboxylic acid groups (broad SMARTS) is 1. The normalized spacial score (nSPS) is 10.5. The predicted molar refractivity (Wildman–Crippen MR) is 62.8 cm³/mol. The maximum absolute atomic E-state index is 11.8. The van der Waals surface area contributed by atoms with E-state index in [1.807, 2.05) is 26.0 Å². The van der Waals surface area contributed by atoms with Gasteiger partial charge in [-0.05, 0) is 25.5 Å². The summed E-state index contributed by atoms with van der Waals surface area (Å²) in [4.78, 5) is 22.6. The zero-order chi connectivity index (χ0) is 12.6. The fourth-order valence-electron chi connectivity index (χ4n) is 1.76. The Balaban J connectivity index is 2.62. The monoisotopic (exact) mass is 232 g/mol. The SMILES string of the molecule is Cc1ccc(-n2[nH]cc(C(=O)O)c2=O)c(C)c1. The number of aryl methyl sites for hydroxylation is 2. The van der Waals surface area contributed by atoms with Gasteiger partial charge >= 0.3 is 5.97 Å². The van der Waals surface area contributed by atoms with Gasteiger partial charge in [0.05, 0.1) is 5.69 Å². The minimum atomic E-state index is -1.23. The summed E-state index contributed by atoms with van der Waals surface area (Å²) in [5.74, 6) is -1.23. The van der Waals surface area contributed by atoms with Gasteiger partial charge in [0, 0.05) is 6.20 Å². The fourth-order valence-corrected chi connectivity index (χ4v) is 1.76. The molecule has 0 bridgehead atoms. The van der Waals surface area contributed by atoms with Crippen LogP contribution in [0.15, 0.2) is 29.2 Å². The Labute approximate surface area is 97.3 Å².